The molecule has 0 bridgehead atoms. The van der Waals surface area contributed by atoms with E-state index in [0.29, 0.717) is 0 Å². The van der Waals surface area contributed by atoms with Crippen molar-refractivity contribution in [2.24, 2.45) is 0 Å². The van der Waals surface area contributed by atoms with E-state index in [1.165, 1.54) is 6.26 Å². The number of rotatable bonds is 7. The number of hydrogen-bond donors (Lipinski definition) is 0. The molecule has 0 unspecified atom stereocenters. The van der Waals surface area contributed by atoms with Gasteiger partial charge < -0.3 is 4.74 Å². The van der Waals surface area contributed by atoms with Crippen molar-refractivity contribution in [2.45, 2.75) is 19.0 Å². The van der Waals surface area contributed by atoms with Crippen LogP contribution in [-0.2, 0) is 4.74 Å². The van der Waals surface area contributed by atoms with Gasteiger partial charge in [-0.05, 0) is 12.5 Å². The number of hydrogen-bond acceptors (Lipinski definition) is 1. The van der Waals surface area contributed by atoms with Crippen LogP contribution in [0.1, 0.15) is 6.42 Å². The minimum absolute atomic E-state index is 0.758. The van der Waals surface area contributed by atoms with Gasteiger partial charge in [-0.3, -0.25) is 0 Å². The fraction of sp³-hybridized carbons (Fsp3) is 0.400. The highest BCUT2D eigenvalue weighted by Gasteiger charge is 2.17. The summed E-state index contributed by atoms with van der Waals surface area (Å²) in [5.41, 5.74) is 4.13. The van der Waals surface area contributed by atoms with Crippen LogP contribution in [0.5, 0.6) is 0 Å². The van der Waals surface area contributed by atoms with Crippen molar-refractivity contribution in [3.63, 3.8) is 0 Å². The third-order valence-corrected chi connectivity index (χ3v) is 5.32. The maximum absolute atomic E-state index is 5.04. The Balaban J connectivity index is 3.65. The Labute approximate surface area is 76.4 Å². The van der Waals surface area contributed by atoms with Crippen LogP contribution in [0.2, 0.25) is 12.6 Å². The average molecular weight is 182 g/mol. The topological polar surface area (TPSA) is 9.23 Å². The molecule has 0 aromatic heterocycles. The molecular formula is C10H18OSi. The molecule has 0 spiro atoms. The second kappa shape index (κ2) is 5.83. The monoisotopic (exact) mass is 182 g/mol. The molecule has 0 saturated carbocycles. The van der Waals surface area contributed by atoms with Gasteiger partial charge in [0.25, 0.3) is 0 Å². The normalized spacial score (nSPS) is 10.4. The number of ether oxygens (including phenoxy) is 1. The van der Waals surface area contributed by atoms with Crippen LogP contribution >= 0.6 is 0 Å². The van der Waals surface area contributed by atoms with E-state index in [4.69, 9.17) is 4.74 Å². The summed E-state index contributed by atoms with van der Waals surface area (Å²) in [5.74, 6) is 0. The summed E-state index contributed by atoms with van der Waals surface area (Å²) in [6, 6.07) is 1.16. The molecule has 0 saturated heterocycles. The van der Waals surface area contributed by atoms with E-state index in [1.807, 2.05) is 0 Å². The first kappa shape index (κ1) is 11.2. The molecule has 68 valence electrons. The molecule has 0 N–H and O–H groups in total. The molecule has 0 atom stereocenters. The van der Waals surface area contributed by atoms with Crippen LogP contribution in [-0.4, -0.2) is 14.7 Å². The largest absolute Gasteiger partial charge is 0.502 e. The predicted octanol–water partition coefficient (Wildman–Crippen LogP) is 3.07. The van der Waals surface area contributed by atoms with E-state index in [1.54, 1.807) is 0 Å². The van der Waals surface area contributed by atoms with Gasteiger partial charge in [0.05, 0.1) is 20.9 Å². The van der Waals surface area contributed by atoms with Gasteiger partial charge >= 0.3 is 0 Å². The van der Waals surface area contributed by atoms with Gasteiger partial charge in [0.15, 0.2) is 0 Å². The predicted molar refractivity (Wildman–Crippen MR) is 57.6 cm³/mol. The van der Waals surface area contributed by atoms with Crippen molar-refractivity contribution >= 4 is 8.07 Å². The van der Waals surface area contributed by atoms with E-state index >= 15 is 0 Å². The fourth-order valence-electron chi connectivity index (χ4n) is 0.907. The van der Waals surface area contributed by atoms with Crippen molar-refractivity contribution in [1.82, 2.24) is 0 Å². The molecule has 0 amide bonds. The SMILES string of the molecule is C=COCCC[Si](C)(C=C)C=C. The molecule has 0 aliphatic heterocycles. The first-order valence-corrected chi connectivity index (χ1v) is 7.04. The van der Waals surface area contributed by atoms with Gasteiger partial charge in [0.1, 0.15) is 0 Å². The molecule has 1 nitrogen and oxygen atoms in total. The Morgan fingerprint density at radius 1 is 1.25 bits per heavy atom. The zero-order chi connectivity index (χ0) is 9.45. The van der Waals surface area contributed by atoms with Crippen molar-refractivity contribution < 1.29 is 4.74 Å². The smallest absolute Gasteiger partial charge is 0.0974 e. The van der Waals surface area contributed by atoms with Crippen LogP contribution in [0.25, 0.3) is 0 Å². The van der Waals surface area contributed by atoms with Crippen molar-refractivity contribution in [3.8, 4) is 0 Å². The minimum Gasteiger partial charge on any atom is -0.502 e. The zero-order valence-electron chi connectivity index (χ0n) is 7.88. The lowest BCUT2D eigenvalue weighted by Gasteiger charge is -2.17. The highest BCUT2D eigenvalue weighted by molar-refractivity contribution is 6.87. The molecule has 0 rings (SSSR count). The first-order valence-electron chi connectivity index (χ1n) is 4.18. The van der Waals surface area contributed by atoms with E-state index in [0.717, 1.165) is 19.1 Å². The summed E-state index contributed by atoms with van der Waals surface area (Å²) in [6.07, 6.45) is 2.55. The maximum Gasteiger partial charge on any atom is 0.0974 e. The summed E-state index contributed by atoms with van der Waals surface area (Å²) in [4.78, 5) is 0. The summed E-state index contributed by atoms with van der Waals surface area (Å²) in [5, 5.41) is 0. The van der Waals surface area contributed by atoms with Gasteiger partial charge in [-0.15, -0.1) is 13.2 Å². The Morgan fingerprint density at radius 3 is 2.25 bits per heavy atom. The first-order chi connectivity index (χ1) is 5.68. The van der Waals surface area contributed by atoms with Crippen molar-refractivity contribution in [3.05, 3.63) is 37.4 Å². The molecule has 0 aliphatic rings. The third kappa shape index (κ3) is 4.19. The van der Waals surface area contributed by atoms with Gasteiger partial charge in [0, 0.05) is 0 Å². The van der Waals surface area contributed by atoms with Crippen LogP contribution < -0.4 is 0 Å². The molecule has 12 heavy (non-hydrogen) atoms. The Morgan fingerprint density at radius 2 is 1.83 bits per heavy atom. The standard InChI is InChI=1S/C10H18OSi/c1-5-11-9-8-10-12(4,6-2)7-3/h5-7H,1-3,8-10H2,4H3. The second-order valence-corrected chi connectivity index (χ2v) is 7.38. The third-order valence-electron chi connectivity index (χ3n) is 2.03. The molecule has 0 fully saturated rings. The molecule has 2 heteroatoms. The lowest BCUT2D eigenvalue weighted by molar-refractivity contribution is 0.251. The summed E-state index contributed by atoms with van der Waals surface area (Å²) >= 11 is 0. The van der Waals surface area contributed by atoms with Crippen LogP contribution in [0.15, 0.2) is 37.4 Å². The minimum atomic E-state index is -1.33. The lowest BCUT2D eigenvalue weighted by atomic mass is 10.5. The summed E-state index contributed by atoms with van der Waals surface area (Å²) < 4.78 is 5.04. The Bertz CT molecular complexity index is 155. The van der Waals surface area contributed by atoms with Gasteiger partial charge in [-0.25, -0.2) is 0 Å². The molecular weight excluding hydrogens is 164 g/mol. The molecule has 0 aromatic carbocycles. The quantitative estimate of drug-likeness (QED) is 0.334. The van der Waals surface area contributed by atoms with Gasteiger partial charge in [-0.1, -0.05) is 24.5 Å². The zero-order valence-corrected chi connectivity index (χ0v) is 8.88. The summed E-state index contributed by atoms with van der Waals surface area (Å²) in [7, 11) is -1.33. The van der Waals surface area contributed by atoms with Gasteiger partial charge in [0.2, 0.25) is 0 Å². The Hall–Kier alpha value is -0.763. The summed E-state index contributed by atoms with van der Waals surface area (Å²) in [6.45, 7) is 14.2. The van der Waals surface area contributed by atoms with E-state index in [-0.39, 0.29) is 0 Å². The van der Waals surface area contributed by atoms with Crippen molar-refractivity contribution in [2.75, 3.05) is 6.61 Å². The Kier molecular flexibility index (Phi) is 5.46. The molecule has 0 aromatic rings. The fourth-order valence-corrected chi connectivity index (χ4v) is 2.39. The second-order valence-electron chi connectivity index (χ2n) is 3.06. The molecule has 0 aliphatic carbocycles. The maximum atomic E-state index is 5.04. The molecule has 0 heterocycles. The van der Waals surface area contributed by atoms with Gasteiger partial charge in [-0.2, -0.15) is 0 Å². The highest BCUT2D eigenvalue weighted by atomic mass is 28.3. The van der Waals surface area contributed by atoms with Crippen LogP contribution in [0.4, 0.5) is 0 Å². The lowest BCUT2D eigenvalue weighted by Crippen LogP contribution is -2.24. The van der Waals surface area contributed by atoms with Crippen LogP contribution in [0.3, 0.4) is 0 Å². The van der Waals surface area contributed by atoms with E-state index in [2.05, 4.69) is 37.7 Å². The van der Waals surface area contributed by atoms with E-state index < -0.39 is 8.07 Å². The molecule has 0 radical (unpaired) electrons. The van der Waals surface area contributed by atoms with E-state index in [9.17, 15) is 0 Å². The van der Waals surface area contributed by atoms with Crippen LogP contribution in [0, 0.1) is 0 Å². The average Bonchev–Trinajstić information content (AvgIpc) is 2.12. The highest BCUT2D eigenvalue weighted by Crippen LogP contribution is 2.14. The van der Waals surface area contributed by atoms with Crippen molar-refractivity contribution in [1.29, 1.82) is 0 Å².